The molecule has 0 saturated carbocycles. The van der Waals surface area contributed by atoms with Crippen LogP contribution >= 0.6 is 11.6 Å². The molecule has 0 radical (unpaired) electrons. The van der Waals surface area contributed by atoms with Crippen LogP contribution in [0.4, 0.5) is 0 Å². The molecule has 1 aromatic rings. The third-order valence-electron chi connectivity index (χ3n) is 1.27. The highest BCUT2D eigenvalue weighted by Gasteiger charge is 1.96. The molecule has 1 rings (SSSR count). The molecule has 0 aromatic carbocycles. The summed E-state index contributed by atoms with van der Waals surface area (Å²) in [4.78, 5) is 3.87. The van der Waals surface area contributed by atoms with Gasteiger partial charge < -0.3 is 5.11 Å². The van der Waals surface area contributed by atoms with Gasteiger partial charge in [-0.25, -0.2) is 4.98 Å². The first kappa shape index (κ1) is 8.24. The Kier molecular flexibility index (Phi) is 2.63. The average Bonchev–Trinajstić information content (AvgIpc) is 2.03. The summed E-state index contributed by atoms with van der Waals surface area (Å²) in [7, 11) is 0. The van der Waals surface area contributed by atoms with Crippen molar-refractivity contribution in [3.05, 3.63) is 35.1 Å². The van der Waals surface area contributed by atoms with E-state index in [1.807, 2.05) is 0 Å². The van der Waals surface area contributed by atoms with Gasteiger partial charge in [-0.2, -0.15) is 0 Å². The smallest absolute Gasteiger partial charge is 0.130 e. The molecule has 0 spiro atoms. The minimum Gasteiger partial charge on any atom is -0.390 e. The van der Waals surface area contributed by atoms with E-state index in [9.17, 15) is 0 Å². The Balaban J connectivity index is 3.11. The van der Waals surface area contributed by atoms with Crippen LogP contribution in [0.1, 0.15) is 11.3 Å². The Hall–Kier alpha value is -0.860. The zero-order chi connectivity index (χ0) is 8.27. The minimum absolute atomic E-state index is 0.0958. The molecule has 0 saturated heterocycles. The van der Waals surface area contributed by atoms with Gasteiger partial charge in [0, 0.05) is 0 Å². The van der Waals surface area contributed by atoms with Crippen molar-refractivity contribution in [2.45, 2.75) is 6.61 Å². The van der Waals surface area contributed by atoms with E-state index in [1.54, 1.807) is 18.2 Å². The second-order valence-electron chi connectivity index (χ2n) is 2.08. The first-order valence-electron chi connectivity index (χ1n) is 3.16. The molecule has 0 unspecified atom stereocenters. The minimum atomic E-state index is -0.0958. The lowest BCUT2D eigenvalue weighted by Crippen LogP contribution is -1.89. The van der Waals surface area contributed by atoms with Crippen LogP contribution in [0, 0.1) is 0 Å². The molecule has 3 heteroatoms. The molecule has 0 aliphatic carbocycles. The number of aliphatic hydroxyl groups is 1. The highest BCUT2D eigenvalue weighted by atomic mass is 35.5. The molecule has 0 aliphatic rings. The molecule has 11 heavy (non-hydrogen) atoms. The van der Waals surface area contributed by atoms with E-state index < -0.39 is 0 Å². The number of rotatable bonds is 2. The highest BCUT2D eigenvalue weighted by molar-refractivity contribution is 6.29. The van der Waals surface area contributed by atoms with Crippen molar-refractivity contribution in [1.29, 1.82) is 0 Å². The summed E-state index contributed by atoms with van der Waals surface area (Å²) in [6.45, 7) is 3.48. The van der Waals surface area contributed by atoms with Crippen molar-refractivity contribution in [2.24, 2.45) is 0 Å². The lowest BCUT2D eigenvalue weighted by molar-refractivity contribution is 0.277. The number of hydrogen-bond donors (Lipinski definition) is 1. The number of halogens is 1. The third kappa shape index (κ3) is 2.03. The molecule has 1 aromatic heterocycles. The maximum atomic E-state index is 8.73. The molecule has 1 heterocycles. The molecule has 2 nitrogen and oxygen atoms in total. The number of hydrogen-bond acceptors (Lipinski definition) is 2. The highest BCUT2D eigenvalue weighted by Crippen LogP contribution is 2.11. The fraction of sp³-hybridized carbons (Fsp3) is 0.125. The number of aliphatic hydroxyl groups excluding tert-OH is 1. The second kappa shape index (κ2) is 3.51. The summed E-state index contributed by atoms with van der Waals surface area (Å²) in [6, 6.07) is 3.42. The normalized spacial score (nSPS) is 9.64. The van der Waals surface area contributed by atoms with Gasteiger partial charge in [0.15, 0.2) is 0 Å². The monoisotopic (exact) mass is 169 g/mol. The van der Waals surface area contributed by atoms with Gasteiger partial charge in [-0.3, -0.25) is 0 Å². The number of pyridine rings is 1. The summed E-state index contributed by atoms with van der Waals surface area (Å²) in [5.74, 6) is 0. The summed E-state index contributed by atoms with van der Waals surface area (Å²) in [5.41, 5.74) is 1.43. The lowest BCUT2D eigenvalue weighted by atomic mass is 10.2. The van der Waals surface area contributed by atoms with Crippen LogP contribution in [0.3, 0.4) is 0 Å². The zero-order valence-electron chi connectivity index (χ0n) is 5.92. The van der Waals surface area contributed by atoms with E-state index in [0.717, 1.165) is 5.56 Å². The zero-order valence-corrected chi connectivity index (χ0v) is 6.67. The molecule has 0 aliphatic heterocycles. The van der Waals surface area contributed by atoms with Gasteiger partial charge in [-0.15, -0.1) is 0 Å². The van der Waals surface area contributed by atoms with E-state index >= 15 is 0 Å². The van der Waals surface area contributed by atoms with Crippen molar-refractivity contribution in [1.82, 2.24) is 4.98 Å². The standard InChI is InChI=1S/C8H8ClNO/c1-2-6-3-7(5-11)10-8(9)4-6/h2-4,11H,1,5H2. The first-order valence-corrected chi connectivity index (χ1v) is 3.54. The molecule has 0 amide bonds. The van der Waals surface area contributed by atoms with Crippen LogP contribution in [0.15, 0.2) is 18.7 Å². The van der Waals surface area contributed by atoms with Crippen molar-refractivity contribution < 1.29 is 5.11 Å². The van der Waals surface area contributed by atoms with Crippen LogP contribution in [0.25, 0.3) is 6.08 Å². The van der Waals surface area contributed by atoms with Crippen LogP contribution < -0.4 is 0 Å². The van der Waals surface area contributed by atoms with E-state index in [0.29, 0.717) is 10.8 Å². The SMILES string of the molecule is C=Cc1cc(Cl)nc(CO)c1. The predicted octanol–water partition coefficient (Wildman–Crippen LogP) is 1.87. The van der Waals surface area contributed by atoms with Crippen molar-refractivity contribution in [3.8, 4) is 0 Å². The molecule has 0 bridgehead atoms. The van der Waals surface area contributed by atoms with Gasteiger partial charge in [0.2, 0.25) is 0 Å². The fourth-order valence-corrected chi connectivity index (χ4v) is 1.01. The van der Waals surface area contributed by atoms with Crippen LogP contribution in [0.2, 0.25) is 5.15 Å². The Morgan fingerprint density at radius 3 is 2.91 bits per heavy atom. The van der Waals surface area contributed by atoms with Gasteiger partial charge >= 0.3 is 0 Å². The molecule has 58 valence electrons. The molecular formula is C8H8ClNO. The van der Waals surface area contributed by atoms with Crippen molar-refractivity contribution in [3.63, 3.8) is 0 Å². The average molecular weight is 170 g/mol. The van der Waals surface area contributed by atoms with Gasteiger partial charge in [0.05, 0.1) is 12.3 Å². The second-order valence-corrected chi connectivity index (χ2v) is 2.46. The molecule has 0 atom stereocenters. The molecular weight excluding hydrogens is 162 g/mol. The number of aromatic nitrogens is 1. The summed E-state index contributed by atoms with van der Waals surface area (Å²) in [5, 5.41) is 9.11. The molecule has 1 N–H and O–H groups in total. The van der Waals surface area contributed by atoms with E-state index in [4.69, 9.17) is 16.7 Å². The summed E-state index contributed by atoms with van der Waals surface area (Å²) < 4.78 is 0. The Morgan fingerprint density at radius 2 is 2.36 bits per heavy atom. The first-order chi connectivity index (χ1) is 5.26. The van der Waals surface area contributed by atoms with Crippen LogP contribution in [-0.2, 0) is 6.61 Å². The lowest BCUT2D eigenvalue weighted by Gasteiger charge is -1.98. The van der Waals surface area contributed by atoms with Gasteiger partial charge in [0.1, 0.15) is 5.15 Å². The Labute approximate surface area is 70.2 Å². The van der Waals surface area contributed by atoms with Crippen molar-refractivity contribution >= 4 is 17.7 Å². The van der Waals surface area contributed by atoms with Gasteiger partial charge in [-0.1, -0.05) is 24.3 Å². The summed E-state index contributed by atoms with van der Waals surface area (Å²) >= 11 is 5.64. The van der Waals surface area contributed by atoms with E-state index in [1.165, 1.54) is 0 Å². The third-order valence-corrected chi connectivity index (χ3v) is 1.46. The largest absolute Gasteiger partial charge is 0.390 e. The quantitative estimate of drug-likeness (QED) is 0.686. The Bertz CT molecular complexity index is 273. The fourth-order valence-electron chi connectivity index (χ4n) is 0.772. The van der Waals surface area contributed by atoms with Crippen LogP contribution in [-0.4, -0.2) is 10.1 Å². The van der Waals surface area contributed by atoms with E-state index in [-0.39, 0.29) is 6.61 Å². The van der Waals surface area contributed by atoms with Crippen LogP contribution in [0.5, 0.6) is 0 Å². The number of nitrogens with zero attached hydrogens (tertiary/aromatic N) is 1. The summed E-state index contributed by atoms with van der Waals surface area (Å²) in [6.07, 6.45) is 1.66. The van der Waals surface area contributed by atoms with Gasteiger partial charge in [0.25, 0.3) is 0 Å². The topological polar surface area (TPSA) is 33.1 Å². The maximum Gasteiger partial charge on any atom is 0.130 e. The van der Waals surface area contributed by atoms with E-state index in [2.05, 4.69) is 11.6 Å². The van der Waals surface area contributed by atoms with Gasteiger partial charge in [-0.05, 0) is 17.7 Å². The predicted molar refractivity (Wildman–Crippen MR) is 45.3 cm³/mol. The Morgan fingerprint density at radius 1 is 1.64 bits per heavy atom. The maximum absolute atomic E-state index is 8.73. The molecule has 0 fully saturated rings. The van der Waals surface area contributed by atoms with Crippen molar-refractivity contribution in [2.75, 3.05) is 0 Å².